The molecular weight excluding hydrogens is 308 g/mol. The van der Waals surface area contributed by atoms with Crippen molar-refractivity contribution in [3.8, 4) is 0 Å². The molecule has 0 aliphatic rings. The third-order valence-corrected chi connectivity index (χ3v) is 4.64. The molecule has 2 aromatic rings. The number of halogens is 1. The fraction of sp³-hybridized carbons (Fsp3) is 0.333. The first kappa shape index (κ1) is 17.9. The van der Waals surface area contributed by atoms with E-state index in [4.69, 9.17) is 0 Å². The molecular formula is C15H21ClN2O2S. The summed E-state index contributed by atoms with van der Waals surface area (Å²) in [7, 11) is 0.698. The predicted octanol–water partition coefficient (Wildman–Crippen LogP) is -2.34. The third kappa shape index (κ3) is 4.97. The van der Waals surface area contributed by atoms with Crippen molar-refractivity contribution in [1.29, 1.82) is 0 Å². The summed E-state index contributed by atoms with van der Waals surface area (Å²) in [5.41, 5.74) is 0. The Labute approximate surface area is 132 Å². The van der Waals surface area contributed by atoms with Gasteiger partial charge in [0.1, 0.15) is 0 Å². The van der Waals surface area contributed by atoms with Gasteiger partial charge in [-0.25, -0.2) is 13.1 Å². The molecule has 0 aliphatic carbocycles. The maximum atomic E-state index is 12.2. The summed E-state index contributed by atoms with van der Waals surface area (Å²) in [6, 6.07) is 13.0. The molecule has 4 nitrogen and oxygen atoms in total. The van der Waals surface area contributed by atoms with Crippen molar-refractivity contribution in [3.63, 3.8) is 0 Å². The SMILES string of the molecule is C[NH+](C)CCCNS(=O)(=O)c1ccc2ccccc2c1.[Cl-]. The summed E-state index contributed by atoms with van der Waals surface area (Å²) in [6.45, 7) is 1.42. The van der Waals surface area contributed by atoms with E-state index in [9.17, 15) is 8.42 Å². The van der Waals surface area contributed by atoms with Gasteiger partial charge in [-0.2, -0.15) is 0 Å². The highest BCUT2D eigenvalue weighted by atomic mass is 35.5. The van der Waals surface area contributed by atoms with E-state index in [2.05, 4.69) is 18.8 Å². The van der Waals surface area contributed by atoms with Gasteiger partial charge in [0.2, 0.25) is 10.0 Å². The number of benzene rings is 2. The molecule has 2 N–H and O–H groups in total. The maximum absolute atomic E-state index is 12.2. The molecule has 0 heterocycles. The van der Waals surface area contributed by atoms with Gasteiger partial charge in [0.25, 0.3) is 0 Å². The van der Waals surface area contributed by atoms with E-state index in [0.717, 1.165) is 23.7 Å². The van der Waals surface area contributed by atoms with Gasteiger partial charge in [-0.3, -0.25) is 0 Å². The molecule has 2 aromatic carbocycles. The van der Waals surface area contributed by atoms with E-state index in [1.807, 2.05) is 30.3 Å². The van der Waals surface area contributed by atoms with Gasteiger partial charge in [0, 0.05) is 13.0 Å². The summed E-state index contributed by atoms with van der Waals surface area (Å²) >= 11 is 0. The second-order valence-corrected chi connectivity index (χ2v) is 6.98. The standard InChI is InChI=1S/C15H20N2O2S.ClH/c1-17(2)11-5-10-16-20(18,19)15-9-8-13-6-3-4-7-14(13)12-15;/h3-4,6-9,12,16H,5,10-11H2,1-2H3;1H. The fourth-order valence-corrected chi connectivity index (χ4v) is 3.18. The summed E-state index contributed by atoms with van der Waals surface area (Å²) in [4.78, 5) is 1.64. The monoisotopic (exact) mass is 328 g/mol. The van der Waals surface area contributed by atoms with Crippen LogP contribution in [-0.2, 0) is 10.0 Å². The summed E-state index contributed by atoms with van der Waals surface area (Å²) in [5, 5.41) is 1.98. The van der Waals surface area contributed by atoms with E-state index in [1.165, 1.54) is 4.90 Å². The Balaban J connectivity index is 0.00000220. The molecule has 116 valence electrons. The summed E-state index contributed by atoms with van der Waals surface area (Å²) in [5.74, 6) is 0. The Morgan fingerprint density at radius 1 is 1.05 bits per heavy atom. The molecule has 0 amide bonds. The highest BCUT2D eigenvalue weighted by Crippen LogP contribution is 2.18. The van der Waals surface area contributed by atoms with E-state index < -0.39 is 10.0 Å². The highest BCUT2D eigenvalue weighted by Gasteiger charge is 2.13. The average molecular weight is 329 g/mol. The van der Waals surface area contributed by atoms with Crippen LogP contribution in [0.1, 0.15) is 6.42 Å². The van der Waals surface area contributed by atoms with Gasteiger partial charge in [0.05, 0.1) is 25.5 Å². The Bertz CT molecular complexity index is 687. The third-order valence-electron chi connectivity index (χ3n) is 3.18. The van der Waals surface area contributed by atoms with E-state index >= 15 is 0 Å². The van der Waals surface area contributed by atoms with Crippen molar-refractivity contribution in [3.05, 3.63) is 42.5 Å². The van der Waals surface area contributed by atoms with Crippen LogP contribution in [0.25, 0.3) is 10.8 Å². The van der Waals surface area contributed by atoms with Crippen LogP contribution in [0.3, 0.4) is 0 Å². The largest absolute Gasteiger partial charge is 1.00 e. The number of hydrogen-bond acceptors (Lipinski definition) is 2. The lowest BCUT2D eigenvalue weighted by atomic mass is 10.1. The molecule has 21 heavy (non-hydrogen) atoms. The van der Waals surface area contributed by atoms with Crippen molar-refractivity contribution >= 4 is 20.8 Å². The minimum Gasteiger partial charge on any atom is -1.00 e. The van der Waals surface area contributed by atoms with Gasteiger partial charge in [-0.15, -0.1) is 0 Å². The number of nitrogens with one attached hydrogen (secondary N) is 2. The topological polar surface area (TPSA) is 50.6 Å². The zero-order valence-electron chi connectivity index (χ0n) is 12.3. The maximum Gasteiger partial charge on any atom is 0.240 e. The Hall–Kier alpha value is -1.14. The Morgan fingerprint density at radius 2 is 1.71 bits per heavy atom. The van der Waals surface area contributed by atoms with Crippen molar-refractivity contribution < 1.29 is 25.7 Å². The minimum atomic E-state index is -3.41. The molecule has 0 aliphatic heterocycles. The van der Waals surface area contributed by atoms with Crippen LogP contribution < -0.4 is 22.0 Å². The van der Waals surface area contributed by atoms with Gasteiger partial charge in [0.15, 0.2) is 0 Å². The fourth-order valence-electron chi connectivity index (χ4n) is 2.07. The second-order valence-electron chi connectivity index (χ2n) is 5.22. The molecule has 6 heteroatoms. The van der Waals surface area contributed by atoms with Crippen molar-refractivity contribution in [1.82, 2.24) is 4.72 Å². The van der Waals surface area contributed by atoms with Crippen LogP contribution in [0.2, 0.25) is 0 Å². The molecule has 0 aromatic heterocycles. The smallest absolute Gasteiger partial charge is 0.240 e. The Kier molecular flexibility index (Phi) is 6.61. The predicted molar refractivity (Wildman–Crippen MR) is 81.4 cm³/mol. The first-order chi connectivity index (χ1) is 9.49. The zero-order chi connectivity index (χ0) is 14.6. The number of sulfonamides is 1. The molecule has 0 atom stereocenters. The van der Waals surface area contributed by atoms with Crippen LogP contribution in [0.5, 0.6) is 0 Å². The molecule has 0 unspecified atom stereocenters. The molecule has 0 spiro atoms. The minimum absolute atomic E-state index is 0. The highest BCUT2D eigenvalue weighted by molar-refractivity contribution is 7.89. The lowest BCUT2D eigenvalue weighted by Gasteiger charge is -2.09. The van der Waals surface area contributed by atoms with Crippen LogP contribution >= 0.6 is 0 Å². The van der Waals surface area contributed by atoms with Crippen molar-refractivity contribution in [2.75, 3.05) is 27.2 Å². The zero-order valence-corrected chi connectivity index (χ0v) is 13.8. The molecule has 0 radical (unpaired) electrons. The molecule has 0 saturated carbocycles. The molecule has 0 saturated heterocycles. The van der Waals surface area contributed by atoms with Gasteiger partial charge in [-0.1, -0.05) is 30.3 Å². The van der Waals surface area contributed by atoms with Gasteiger partial charge in [-0.05, 0) is 22.9 Å². The Morgan fingerprint density at radius 3 is 2.38 bits per heavy atom. The number of hydrogen-bond donors (Lipinski definition) is 2. The summed E-state index contributed by atoms with van der Waals surface area (Å²) in [6.07, 6.45) is 0.829. The molecule has 2 rings (SSSR count). The first-order valence-corrected chi connectivity index (χ1v) is 8.25. The van der Waals surface area contributed by atoms with E-state index in [0.29, 0.717) is 11.4 Å². The summed E-state index contributed by atoms with van der Waals surface area (Å²) < 4.78 is 27.1. The lowest BCUT2D eigenvalue weighted by Crippen LogP contribution is -3.05. The van der Waals surface area contributed by atoms with E-state index in [-0.39, 0.29) is 12.4 Å². The van der Waals surface area contributed by atoms with Crippen LogP contribution in [0.4, 0.5) is 0 Å². The average Bonchev–Trinajstić information content (AvgIpc) is 2.43. The van der Waals surface area contributed by atoms with Crippen molar-refractivity contribution in [2.45, 2.75) is 11.3 Å². The number of fused-ring (bicyclic) bond motifs is 1. The van der Waals surface area contributed by atoms with Crippen LogP contribution in [0, 0.1) is 0 Å². The molecule has 0 bridgehead atoms. The lowest BCUT2D eigenvalue weighted by molar-refractivity contribution is -0.858. The van der Waals surface area contributed by atoms with Gasteiger partial charge < -0.3 is 17.3 Å². The normalized spacial score (nSPS) is 11.6. The van der Waals surface area contributed by atoms with Gasteiger partial charge >= 0.3 is 0 Å². The van der Waals surface area contributed by atoms with Crippen molar-refractivity contribution in [2.24, 2.45) is 0 Å². The number of quaternary nitrogens is 1. The van der Waals surface area contributed by atoms with Crippen LogP contribution in [0.15, 0.2) is 47.4 Å². The number of rotatable bonds is 6. The quantitative estimate of drug-likeness (QED) is 0.584. The second kappa shape index (κ2) is 7.75. The first-order valence-electron chi connectivity index (χ1n) is 6.76. The van der Waals surface area contributed by atoms with E-state index in [1.54, 1.807) is 12.1 Å². The molecule has 0 fully saturated rings. The van der Waals surface area contributed by atoms with Crippen LogP contribution in [-0.4, -0.2) is 35.6 Å².